The van der Waals surface area contributed by atoms with Gasteiger partial charge in [0, 0.05) is 6.54 Å². The van der Waals surface area contributed by atoms with Gasteiger partial charge in [-0.3, -0.25) is 4.79 Å². The Bertz CT molecular complexity index is 187. The third-order valence-corrected chi connectivity index (χ3v) is 1.63. The van der Waals surface area contributed by atoms with Crippen LogP contribution >= 0.6 is 0 Å². The monoisotopic (exact) mass is 184 g/mol. The Balaban J connectivity index is 3.76. The fourth-order valence-corrected chi connectivity index (χ4v) is 0.984. The zero-order chi connectivity index (χ0) is 10.4. The van der Waals surface area contributed by atoms with Crippen molar-refractivity contribution in [2.75, 3.05) is 6.54 Å². The number of nitrogens with two attached hydrogens (primary N) is 1. The van der Waals surface area contributed by atoms with Crippen LogP contribution in [0.15, 0.2) is 12.2 Å². The maximum atomic E-state index is 11.3. The first-order valence-electron chi connectivity index (χ1n) is 4.61. The van der Waals surface area contributed by atoms with Crippen molar-refractivity contribution < 1.29 is 4.79 Å². The second-order valence-corrected chi connectivity index (χ2v) is 3.91. The van der Waals surface area contributed by atoms with E-state index in [9.17, 15) is 4.79 Å². The third-order valence-electron chi connectivity index (χ3n) is 1.63. The van der Waals surface area contributed by atoms with Crippen LogP contribution in [-0.4, -0.2) is 18.5 Å². The quantitative estimate of drug-likeness (QED) is 0.627. The summed E-state index contributed by atoms with van der Waals surface area (Å²) in [5.74, 6) is 0.363. The molecule has 13 heavy (non-hydrogen) atoms. The van der Waals surface area contributed by atoms with Crippen LogP contribution in [0.25, 0.3) is 0 Å². The number of hydrogen-bond donors (Lipinski definition) is 2. The first-order chi connectivity index (χ1) is 5.93. The Morgan fingerprint density at radius 3 is 2.46 bits per heavy atom. The smallest absolute Gasteiger partial charge is 0.237 e. The largest absolute Gasteiger partial charge is 0.351 e. The van der Waals surface area contributed by atoms with Gasteiger partial charge in [-0.2, -0.15) is 0 Å². The van der Waals surface area contributed by atoms with E-state index in [1.54, 1.807) is 0 Å². The highest BCUT2D eigenvalue weighted by Crippen LogP contribution is 2.02. The summed E-state index contributed by atoms with van der Waals surface area (Å²) in [6.07, 6.45) is 0.724. The summed E-state index contributed by atoms with van der Waals surface area (Å²) in [6.45, 7) is 10.2. The molecule has 0 saturated heterocycles. The van der Waals surface area contributed by atoms with Gasteiger partial charge in [0.15, 0.2) is 0 Å². The minimum absolute atomic E-state index is 0.0864. The fraction of sp³-hybridized carbons (Fsp3) is 0.700. The second kappa shape index (κ2) is 5.75. The summed E-state index contributed by atoms with van der Waals surface area (Å²) in [7, 11) is 0. The van der Waals surface area contributed by atoms with Gasteiger partial charge in [-0.15, -0.1) is 0 Å². The molecule has 1 amide bonds. The Morgan fingerprint density at radius 1 is 1.54 bits per heavy atom. The van der Waals surface area contributed by atoms with Gasteiger partial charge >= 0.3 is 0 Å². The molecule has 0 aromatic rings. The highest BCUT2D eigenvalue weighted by atomic mass is 16.2. The normalized spacial score (nSPS) is 12.7. The van der Waals surface area contributed by atoms with Crippen molar-refractivity contribution in [3.05, 3.63) is 12.2 Å². The molecule has 0 heterocycles. The van der Waals surface area contributed by atoms with E-state index in [4.69, 9.17) is 5.73 Å². The van der Waals surface area contributed by atoms with Crippen LogP contribution in [0.1, 0.15) is 27.2 Å². The zero-order valence-corrected chi connectivity index (χ0v) is 8.76. The molecular formula is C10H20N2O. The van der Waals surface area contributed by atoms with Crippen LogP contribution in [0.5, 0.6) is 0 Å². The van der Waals surface area contributed by atoms with Crippen molar-refractivity contribution in [2.24, 2.45) is 11.7 Å². The molecule has 0 fully saturated rings. The SMILES string of the molecule is C=C(C)CNC(=O)C(N)CC(C)C. The van der Waals surface area contributed by atoms with Crippen molar-refractivity contribution in [1.82, 2.24) is 5.32 Å². The standard InChI is InChI=1S/C10H20N2O/c1-7(2)5-9(11)10(13)12-6-8(3)4/h7,9H,3,5-6,11H2,1-2,4H3,(H,12,13). The number of carbonyl (C=O) groups excluding carboxylic acids is 1. The number of hydrogen-bond acceptors (Lipinski definition) is 2. The van der Waals surface area contributed by atoms with Crippen molar-refractivity contribution in [1.29, 1.82) is 0 Å². The molecule has 0 radical (unpaired) electrons. The van der Waals surface area contributed by atoms with E-state index in [1.807, 2.05) is 20.8 Å². The van der Waals surface area contributed by atoms with E-state index >= 15 is 0 Å². The van der Waals surface area contributed by atoms with Crippen LogP contribution in [0, 0.1) is 5.92 Å². The van der Waals surface area contributed by atoms with Crippen LogP contribution < -0.4 is 11.1 Å². The first kappa shape index (κ1) is 12.2. The van der Waals surface area contributed by atoms with Crippen molar-refractivity contribution in [3.8, 4) is 0 Å². The summed E-state index contributed by atoms with van der Waals surface area (Å²) in [5.41, 5.74) is 6.60. The molecule has 76 valence electrons. The predicted octanol–water partition coefficient (Wildman–Crippen LogP) is 1.05. The average Bonchev–Trinajstić information content (AvgIpc) is 1.98. The second-order valence-electron chi connectivity index (χ2n) is 3.91. The molecule has 0 aromatic carbocycles. The van der Waals surface area contributed by atoms with Crippen molar-refractivity contribution in [3.63, 3.8) is 0 Å². The van der Waals surface area contributed by atoms with Gasteiger partial charge in [-0.1, -0.05) is 26.0 Å². The molecule has 0 rings (SSSR count). The van der Waals surface area contributed by atoms with E-state index in [1.165, 1.54) is 0 Å². The molecule has 0 aliphatic rings. The Kier molecular flexibility index (Phi) is 5.39. The Hall–Kier alpha value is -0.830. The summed E-state index contributed by atoms with van der Waals surface area (Å²) in [5, 5.41) is 2.72. The topological polar surface area (TPSA) is 55.1 Å². The van der Waals surface area contributed by atoms with Crippen LogP contribution in [0.3, 0.4) is 0 Å². The highest BCUT2D eigenvalue weighted by molar-refractivity contribution is 5.81. The molecule has 0 spiro atoms. The lowest BCUT2D eigenvalue weighted by molar-refractivity contribution is -0.122. The van der Waals surface area contributed by atoms with Gasteiger partial charge in [0.1, 0.15) is 0 Å². The lowest BCUT2D eigenvalue weighted by atomic mass is 10.0. The van der Waals surface area contributed by atoms with E-state index < -0.39 is 0 Å². The summed E-state index contributed by atoms with van der Waals surface area (Å²) < 4.78 is 0. The van der Waals surface area contributed by atoms with Gasteiger partial charge in [0.05, 0.1) is 6.04 Å². The fourth-order valence-electron chi connectivity index (χ4n) is 0.984. The number of rotatable bonds is 5. The van der Waals surface area contributed by atoms with Gasteiger partial charge < -0.3 is 11.1 Å². The van der Waals surface area contributed by atoms with E-state index in [0.29, 0.717) is 12.5 Å². The molecule has 3 N–H and O–H groups in total. The van der Waals surface area contributed by atoms with Gasteiger partial charge in [-0.25, -0.2) is 0 Å². The van der Waals surface area contributed by atoms with Gasteiger partial charge in [0.25, 0.3) is 0 Å². The van der Waals surface area contributed by atoms with Crippen LogP contribution in [0.2, 0.25) is 0 Å². The third kappa shape index (κ3) is 6.34. The highest BCUT2D eigenvalue weighted by Gasteiger charge is 2.13. The van der Waals surface area contributed by atoms with Gasteiger partial charge in [-0.05, 0) is 19.3 Å². The molecule has 0 aliphatic carbocycles. The lowest BCUT2D eigenvalue weighted by Gasteiger charge is -2.13. The molecule has 1 unspecified atom stereocenters. The molecule has 0 bridgehead atoms. The summed E-state index contributed by atoms with van der Waals surface area (Å²) in [6, 6.07) is -0.389. The molecule has 3 nitrogen and oxygen atoms in total. The Morgan fingerprint density at radius 2 is 2.08 bits per heavy atom. The number of carbonyl (C=O) groups is 1. The van der Waals surface area contributed by atoms with E-state index in [2.05, 4.69) is 11.9 Å². The predicted molar refractivity (Wildman–Crippen MR) is 55.3 cm³/mol. The van der Waals surface area contributed by atoms with E-state index in [-0.39, 0.29) is 11.9 Å². The number of amides is 1. The zero-order valence-electron chi connectivity index (χ0n) is 8.76. The molecule has 1 atom stereocenters. The number of nitrogens with one attached hydrogen (secondary N) is 1. The minimum atomic E-state index is -0.389. The molecule has 0 saturated carbocycles. The summed E-state index contributed by atoms with van der Waals surface area (Å²) in [4.78, 5) is 11.3. The van der Waals surface area contributed by atoms with Crippen LogP contribution in [-0.2, 0) is 4.79 Å². The molecule has 3 heteroatoms. The molecular weight excluding hydrogens is 164 g/mol. The van der Waals surface area contributed by atoms with Crippen molar-refractivity contribution in [2.45, 2.75) is 33.2 Å². The first-order valence-corrected chi connectivity index (χ1v) is 4.61. The Labute approximate surface area is 80.4 Å². The average molecular weight is 184 g/mol. The van der Waals surface area contributed by atoms with Crippen molar-refractivity contribution >= 4 is 5.91 Å². The van der Waals surface area contributed by atoms with Crippen LogP contribution in [0.4, 0.5) is 0 Å². The van der Waals surface area contributed by atoms with Gasteiger partial charge in [0.2, 0.25) is 5.91 Å². The summed E-state index contributed by atoms with van der Waals surface area (Å²) >= 11 is 0. The molecule has 0 aliphatic heterocycles. The lowest BCUT2D eigenvalue weighted by Crippen LogP contribution is -2.41. The maximum absolute atomic E-state index is 11.3. The minimum Gasteiger partial charge on any atom is -0.351 e. The van der Waals surface area contributed by atoms with E-state index in [0.717, 1.165) is 12.0 Å². The maximum Gasteiger partial charge on any atom is 0.237 e. The molecule has 0 aromatic heterocycles.